The van der Waals surface area contributed by atoms with Gasteiger partial charge in [-0.25, -0.2) is 0 Å². The highest BCUT2D eigenvalue weighted by Crippen LogP contribution is 2.43. The fourth-order valence-electron chi connectivity index (χ4n) is 2.77. The van der Waals surface area contributed by atoms with Crippen LogP contribution in [-0.2, 0) is 23.6 Å². The fraction of sp³-hybridized carbons (Fsp3) is 0.429. The Morgan fingerprint density at radius 1 is 1.04 bits per heavy atom. The lowest BCUT2D eigenvalue weighted by Crippen LogP contribution is -2.56. The molecule has 0 radical (unpaired) electrons. The number of hydrogen-bond acceptors (Lipinski definition) is 3. The molecule has 2 N–H and O–H groups in total. The second-order valence-electron chi connectivity index (χ2n) is 5.48. The molecular formula is C14H11F6N3O. The van der Waals surface area contributed by atoms with Crippen LogP contribution < -0.4 is 10.6 Å². The molecule has 1 aromatic rings. The zero-order valence-corrected chi connectivity index (χ0v) is 12.0. The predicted molar refractivity (Wildman–Crippen MR) is 72.0 cm³/mol. The Hall–Kier alpha value is -2.10. The van der Waals surface area contributed by atoms with E-state index in [9.17, 15) is 31.1 Å². The van der Waals surface area contributed by atoms with Crippen molar-refractivity contribution in [3.63, 3.8) is 0 Å². The monoisotopic (exact) mass is 351 g/mol. The third-order valence-electron chi connectivity index (χ3n) is 3.85. The third-order valence-corrected chi connectivity index (χ3v) is 3.85. The van der Waals surface area contributed by atoms with Gasteiger partial charge in [-0.15, -0.1) is 0 Å². The van der Waals surface area contributed by atoms with Crippen LogP contribution >= 0.6 is 0 Å². The molecule has 10 heteroatoms. The molecule has 2 heterocycles. The Morgan fingerprint density at radius 2 is 1.75 bits per heavy atom. The van der Waals surface area contributed by atoms with Crippen molar-refractivity contribution < 1.29 is 31.1 Å². The summed E-state index contributed by atoms with van der Waals surface area (Å²) in [5.74, 6) is -0.461. The van der Waals surface area contributed by atoms with Crippen LogP contribution in [0.4, 0.5) is 32.0 Å². The molecule has 1 amide bonds. The van der Waals surface area contributed by atoms with Crippen LogP contribution in [-0.4, -0.2) is 30.8 Å². The van der Waals surface area contributed by atoms with Crippen molar-refractivity contribution in [2.45, 2.75) is 24.8 Å². The number of rotatable bonds is 1. The second kappa shape index (κ2) is 5.47. The number of amides is 1. The Bertz CT molecular complexity index is 722. The number of piperazine rings is 1. The number of alkyl halides is 6. The number of benzene rings is 1. The van der Waals surface area contributed by atoms with E-state index in [1.807, 2.05) is 0 Å². The van der Waals surface area contributed by atoms with Gasteiger partial charge in [0, 0.05) is 25.2 Å². The fourth-order valence-corrected chi connectivity index (χ4v) is 2.77. The second-order valence-corrected chi connectivity index (χ2v) is 5.48. The first-order chi connectivity index (χ1) is 11.1. The maximum Gasteiger partial charge on any atom is 0.416 e. The van der Waals surface area contributed by atoms with Gasteiger partial charge >= 0.3 is 12.4 Å². The summed E-state index contributed by atoms with van der Waals surface area (Å²) in [6.07, 6.45) is -10.2. The number of aliphatic imine (C=N–C) groups is 1. The average molecular weight is 351 g/mol. The van der Waals surface area contributed by atoms with Gasteiger partial charge in [0.2, 0.25) is 5.91 Å². The molecule has 1 saturated heterocycles. The highest BCUT2D eigenvalue weighted by Gasteiger charge is 2.42. The van der Waals surface area contributed by atoms with E-state index in [0.717, 1.165) is 0 Å². The minimum absolute atomic E-state index is 0.0759. The molecule has 1 unspecified atom stereocenters. The Morgan fingerprint density at radius 3 is 2.33 bits per heavy atom. The van der Waals surface area contributed by atoms with E-state index in [2.05, 4.69) is 15.6 Å². The molecule has 0 aliphatic carbocycles. The van der Waals surface area contributed by atoms with Crippen molar-refractivity contribution in [2.24, 2.45) is 4.99 Å². The topological polar surface area (TPSA) is 53.5 Å². The first-order valence-corrected chi connectivity index (χ1v) is 6.97. The van der Waals surface area contributed by atoms with E-state index in [-0.39, 0.29) is 23.8 Å². The summed E-state index contributed by atoms with van der Waals surface area (Å²) >= 11 is 0. The van der Waals surface area contributed by atoms with Gasteiger partial charge in [0.15, 0.2) is 0 Å². The highest BCUT2D eigenvalue weighted by molar-refractivity contribution is 6.12. The minimum atomic E-state index is -4.95. The molecule has 1 aromatic carbocycles. The van der Waals surface area contributed by atoms with Crippen molar-refractivity contribution in [3.05, 3.63) is 28.8 Å². The van der Waals surface area contributed by atoms with Crippen LogP contribution in [0.5, 0.6) is 0 Å². The molecule has 4 nitrogen and oxygen atoms in total. The van der Waals surface area contributed by atoms with Gasteiger partial charge in [-0.1, -0.05) is 0 Å². The smallest absolute Gasteiger partial charge is 0.353 e. The van der Waals surface area contributed by atoms with Crippen LogP contribution in [0, 0.1) is 0 Å². The van der Waals surface area contributed by atoms with Crippen LogP contribution in [0.2, 0.25) is 0 Å². The van der Waals surface area contributed by atoms with Gasteiger partial charge < -0.3 is 5.32 Å². The van der Waals surface area contributed by atoms with E-state index in [4.69, 9.17) is 0 Å². The minimum Gasteiger partial charge on any atom is -0.353 e. The SMILES string of the molecule is O=C1NCCNC1C1=Nc2cc(C(F)(F)F)cc(C(F)(F)F)c2C1. The number of hydrogen-bond donors (Lipinski definition) is 2. The first kappa shape index (κ1) is 16.7. The van der Waals surface area contributed by atoms with Crippen molar-refractivity contribution in [1.29, 1.82) is 0 Å². The number of nitrogens with zero attached hydrogens (tertiary/aromatic N) is 1. The summed E-state index contributed by atoms with van der Waals surface area (Å²) in [5, 5.41) is 5.33. The zero-order chi connectivity index (χ0) is 17.7. The third kappa shape index (κ3) is 2.97. The van der Waals surface area contributed by atoms with Crippen molar-refractivity contribution >= 4 is 17.3 Å². The van der Waals surface area contributed by atoms with Gasteiger partial charge in [-0.2, -0.15) is 26.3 Å². The largest absolute Gasteiger partial charge is 0.416 e. The van der Waals surface area contributed by atoms with Gasteiger partial charge in [0.1, 0.15) is 6.04 Å². The molecular weight excluding hydrogens is 340 g/mol. The van der Waals surface area contributed by atoms with Gasteiger partial charge in [-0.3, -0.25) is 15.1 Å². The number of halogens is 6. The molecule has 2 aliphatic rings. The maximum absolute atomic E-state index is 13.1. The van der Waals surface area contributed by atoms with Gasteiger partial charge in [-0.05, 0) is 17.7 Å². The predicted octanol–water partition coefficient (Wildman–Crippen LogP) is 2.44. The lowest BCUT2D eigenvalue weighted by molar-refractivity contribution is -0.143. The molecule has 0 bridgehead atoms. The van der Waals surface area contributed by atoms with E-state index in [1.54, 1.807) is 0 Å². The molecule has 2 aliphatic heterocycles. The van der Waals surface area contributed by atoms with E-state index >= 15 is 0 Å². The molecule has 24 heavy (non-hydrogen) atoms. The van der Waals surface area contributed by atoms with E-state index < -0.39 is 41.1 Å². The van der Waals surface area contributed by atoms with Gasteiger partial charge in [0.25, 0.3) is 0 Å². The number of carbonyl (C=O) groups excluding carboxylic acids is 1. The lowest BCUT2D eigenvalue weighted by atomic mass is 9.96. The molecule has 1 atom stereocenters. The standard InChI is InChI=1S/C14H11F6N3O/c15-13(16,17)6-3-8(14(18,19)20)7-5-10(23-9(7)4-6)11-12(24)22-2-1-21-11/h3-4,11,21H,1-2,5H2,(H,22,24). The zero-order valence-electron chi connectivity index (χ0n) is 12.0. The quantitative estimate of drug-likeness (QED) is 0.764. The summed E-state index contributed by atoms with van der Waals surface area (Å²) in [7, 11) is 0. The molecule has 0 saturated carbocycles. The Labute approximate surface area is 131 Å². The molecule has 0 spiro atoms. The summed E-state index contributed by atoms with van der Waals surface area (Å²) in [4.78, 5) is 15.7. The van der Waals surface area contributed by atoms with E-state index in [1.165, 1.54) is 0 Å². The van der Waals surface area contributed by atoms with Crippen LogP contribution in [0.15, 0.2) is 17.1 Å². The van der Waals surface area contributed by atoms with Crippen LogP contribution in [0.25, 0.3) is 0 Å². The number of carbonyl (C=O) groups is 1. The van der Waals surface area contributed by atoms with Crippen LogP contribution in [0.3, 0.4) is 0 Å². The summed E-state index contributed by atoms with van der Waals surface area (Å²) < 4.78 is 78.0. The van der Waals surface area contributed by atoms with Crippen molar-refractivity contribution in [3.8, 4) is 0 Å². The summed E-state index contributed by atoms with van der Waals surface area (Å²) in [6, 6.07) is -0.272. The molecule has 130 valence electrons. The number of fused-ring (bicyclic) bond motifs is 1. The highest BCUT2D eigenvalue weighted by atomic mass is 19.4. The van der Waals surface area contributed by atoms with Crippen molar-refractivity contribution in [1.82, 2.24) is 10.6 Å². The average Bonchev–Trinajstić information content (AvgIpc) is 2.88. The summed E-state index contributed by atoms with van der Waals surface area (Å²) in [5.41, 5.74) is -3.45. The maximum atomic E-state index is 13.1. The van der Waals surface area contributed by atoms with Crippen molar-refractivity contribution in [2.75, 3.05) is 13.1 Å². The summed E-state index contributed by atoms with van der Waals surface area (Å²) in [6.45, 7) is 0.757. The normalized spacial score (nSPS) is 21.3. The molecule has 1 fully saturated rings. The number of nitrogens with one attached hydrogen (secondary N) is 2. The molecule has 3 rings (SSSR count). The lowest BCUT2D eigenvalue weighted by Gasteiger charge is -2.23. The Balaban J connectivity index is 2.05. The first-order valence-electron chi connectivity index (χ1n) is 6.97. The van der Waals surface area contributed by atoms with Crippen LogP contribution in [0.1, 0.15) is 16.7 Å². The van der Waals surface area contributed by atoms with Gasteiger partial charge in [0.05, 0.1) is 16.8 Å². The van der Waals surface area contributed by atoms with E-state index in [0.29, 0.717) is 19.2 Å². The molecule has 0 aromatic heterocycles. The Kier molecular flexibility index (Phi) is 3.82.